The highest BCUT2D eigenvalue weighted by Crippen LogP contribution is 2.21. The number of nitrogens with two attached hydrogens (primary N) is 1. The molecular weight excluding hydrogens is 134 g/mol. The molecule has 0 rings (SSSR count). The van der Waals surface area contributed by atoms with E-state index in [1.165, 1.54) is 32.7 Å². The summed E-state index contributed by atoms with van der Waals surface area (Å²) in [6, 6.07) is 0. The first-order valence-corrected chi connectivity index (χ1v) is 4.64. The van der Waals surface area contributed by atoms with Crippen molar-refractivity contribution in [2.24, 2.45) is 11.1 Å². The fraction of sp³-hybridized carbons (Fsp3) is 1.00. The minimum Gasteiger partial charge on any atom is -0.333 e. The molecule has 0 saturated carbocycles. The number of unbranched alkanes of at least 4 members (excludes halogenated alkanes) is 2. The molecule has 0 spiro atoms. The van der Waals surface area contributed by atoms with Crippen molar-refractivity contribution in [2.75, 3.05) is 7.05 Å². The van der Waals surface area contributed by atoms with Gasteiger partial charge in [0.15, 0.2) is 0 Å². The molecule has 0 heterocycles. The van der Waals surface area contributed by atoms with E-state index in [0.717, 1.165) is 0 Å². The number of hydrogen-bond donors (Lipinski definition) is 1. The van der Waals surface area contributed by atoms with Crippen LogP contribution in [0.2, 0.25) is 0 Å². The van der Waals surface area contributed by atoms with Crippen molar-refractivity contribution in [3.63, 3.8) is 0 Å². The Hall–Kier alpha value is -0.0400. The van der Waals surface area contributed by atoms with Gasteiger partial charge in [0.25, 0.3) is 0 Å². The fourth-order valence-electron chi connectivity index (χ4n) is 0.905. The van der Waals surface area contributed by atoms with Gasteiger partial charge >= 0.3 is 0 Å². The van der Waals surface area contributed by atoms with Crippen molar-refractivity contribution in [1.82, 2.24) is 0 Å². The van der Waals surface area contributed by atoms with Crippen LogP contribution in [-0.4, -0.2) is 7.05 Å². The van der Waals surface area contributed by atoms with E-state index in [9.17, 15) is 0 Å². The second kappa shape index (κ2) is 8.06. The van der Waals surface area contributed by atoms with Gasteiger partial charge in [0.1, 0.15) is 0 Å². The van der Waals surface area contributed by atoms with Crippen LogP contribution in [0.25, 0.3) is 0 Å². The maximum Gasteiger partial charge on any atom is -0.0195 e. The smallest absolute Gasteiger partial charge is 0.0195 e. The van der Waals surface area contributed by atoms with E-state index in [2.05, 4.69) is 33.4 Å². The van der Waals surface area contributed by atoms with Crippen LogP contribution in [0, 0.1) is 5.41 Å². The summed E-state index contributed by atoms with van der Waals surface area (Å²) in [5.74, 6) is 0. The molecule has 0 radical (unpaired) electrons. The standard InChI is InChI=1S/C9H20.CH5N/c1-5-6-7-8-9(2,3)4;1-2/h5-8H2,1-4H3;2H2,1H3. The Morgan fingerprint density at radius 2 is 1.45 bits per heavy atom. The lowest BCUT2D eigenvalue weighted by molar-refractivity contribution is 0.359. The predicted octanol–water partition coefficient (Wildman–Crippen LogP) is 3.19. The van der Waals surface area contributed by atoms with E-state index in [4.69, 9.17) is 0 Å². The lowest BCUT2D eigenvalue weighted by Crippen LogP contribution is -2.03. The van der Waals surface area contributed by atoms with Gasteiger partial charge in [-0.3, -0.25) is 0 Å². The van der Waals surface area contributed by atoms with Crippen molar-refractivity contribution in [3.05, 3.63) is 0 Å². The molecule has 1 heteroatoms. The zero-order valence-electron chi connectivity index (χ0n) is 8.91. The summed E-state index contributed by atoms with van der Waals surface area (Å²) in [4.78, 5) is 0. The van der Waals surface area contributed by atoms with E-state index in [-0.39, 0.29) is 0 Å². The molecule has 0 fully saturated rings. The average Bonchev–Trinajstić information content (AvgIpc) is 1.90. The van der Waals surface area contributed by atoms with Crippen LogP contribution in [0.15, 0.2) is 0 Å². The molecule has 0 unspecified atom stereocenters. The van der Waals surface area contributed by atoms with Crippen molar-refractivity contribution in [1.29, 1.82) is 0 Å². The summed E-state index contributed by atoms with van der Waals surface area (Å²) < 4.78 is 0. The van der Waals surface area contributed by atoms with Crippen LogP contribution in [0.5, 0.6) is 0 Å². The van der Waals surface area contributed by atoms with E-state index in [1.807, 2.05) is 0 Å². The van der Waals surface area contributed by atoms with Crippen LogP contribution in [0.4, 0.5) is 0 Å². The number of rotatable bonds is 3. The summed E-state index contributed by atoms with van der Waals surface area (Å²) in [6.07, 6.45) is 5.52. The SMILES string of the molecule is CCCCCC(C)(C)C.CN. The topological polar surface area (TPSA) is 26.0 Å². The Morgan fingerprint density at radius 3 is 1.73 bits per heavy atom. The van der Waals surface area contributed by atoms with Crippen molar-refractivity contribution in [2.45, 2.75) is 53.4 Å². The molecule has 0 aromatic carbocycles. The zero-order chi connectivity index (χ0) is 9.33. The molecule has 0 amide bonds. The highest BCUT2D eigenvalue weighted by molar-refractivity contribution is 4.60. The molecule has 0 aliphatic carbocycles. The summed E-state index contributed by atoms with van der Waals surface area (Å²) in [5.41, 5.74) is 5.05. The minimum atomic E-state index is 0.551. The quantitative estimate of drug-likeness (QED) is 0.629. The van der Waals surface area contributed by atoms with Crippen LogP contribution >= 0.6 is 0 Å². The molecule has 2 N–H and O–H groups in total. The van der Waals surface area contributed by atoms with Gasteiger partial charge in [0.2, 0.25) is 0 Å². The molecule has 70 valence electrons. The summed E-state index contributed by atoms with van der Waals surface area (Å²) in [5, 5.41) is 0. The Morgan fingerprint density at radius 1 is 1.00 bits per heavy atom. The first kappa shape index (κ1) is 13.5. The molecule has 0 saturated heterocycles. The van der Waals surface area contributed by atoms with Gasteiger partial charge in [-0.25, -0.2) is 0 Å². The molecule has 0 atom stereocenters. The summed E-state index contributed by atoms with van der Waals surface area (Å²) in [7, 11) is 1.50. The van der Waals surface area contributed by atoms with Crippen molar-refractivity contribution in [3.8, 4) is 0 Å². The first-order valence-electron chi connectivity index (χ1n) is 4.64. The lowest BCUT2D eigenvalue weighted by Gasteiger charge is -2.16. The summed E-state index contributed by atoms with van der Waals surface area (Å²) in [6.45, 7) is 9.18. The molecule has 11 heavy (non-hydrogen) atoms. The molecule has 0 aromatic rings. The molecule has 0 aliphatic heterocycles. The Labute approximate surface area is 72.4 Å². The highest BCUT2D eigenvalue weighted by Gasteiger charge is 2.07. The average molecular weight is 159 g/mol. The normalized spacial score (nSPS) is 10.4. The van der Waals surface area contributed by atoms with Gasteiger partial charge in [-0.1, -0.05) is 47.0 Å². The second-order valence-electron chi connectivity index (χ2n) is 4.02. The van der Waals surface area contributed by atoms with Crippen LogP contribution in [0.3, 0.4) is 0 Å². The molecule has 0 aliphatic rings. The fourth-order valence-corrected chi connectivity index (χ4v) is 0.905. The molecule has 1 nitrogen and oxygen atoms in total. The maximum absolute atomic E-state index is 4.50. The monoisotopic (exact) mass is 159 g/mol. The third kappa shape index (κ3) is 17.8. The minimum absolute atomic E-state index is 0.551. The lowest BCUT2D eigenvalue weighted by atomic mass is 9.90. The first-order chi connectivity index (χ1) is 5.06. The Kier molecular flexibility index (Phi) is 9.92. The largest absolute Gasteiger partial charge is 0.333 e. The third-order valence-electron chi connectivity index (χ3n) is 1.53. The van der Waals surface area contributed by atoms with Gasteiger partial charge in [0, 0.05) is 0 Å². The third-order valence-corrected chi connectivity index (χ3v) is 1.53. The zero-order valence-corrected chi connectivity index (χ0v) is 8.91. The Bertz CT molecular complexity index is 61.8. The second-order valence-corrected chi connectivity index (χ2v) is 4.02. The van der Waals surface area contributed by atoms with E-state index in [1.54, 1.807) is 0 Å². The van der Waals surface area contributed by atoms with Gasteiger partial charge in [-0.15, -0.1) is 0 Å². The van der Waals surface area contributed by atoms with Crippen LogP contribution in [0.1, 0.15) is 53.4 Å². The van der Waals surface area contributed by atoms with E-state index >= 15 is 0 Å². The molecular formula is C10H25N. The Balaban J connectivity index is 0. The summed E-state index contributed by atoms with van der Waals surface area (Å²) >= 11 is 0. The van der Waals surface area contributed by atoms with E-state index < -0.39 is 0 Å². The maximum atomic E-state index is 4.50. The predicted molar refractivity (Wildman–Crippen MR) is 53.7 cm³/mol. The molecule has 0 bridgehead atoms. The van der Waals surface area contributed by atoms with Crippen molar-refractivity contribution >= 4 is 0 Å². The van der Waals surface area contributed by atoms with Crippen LogP contribution in [-0.2, 0) is 0 Å². The van der Waals surface area contributed by atoms with Gasteiger partial charge in [-0.2, -0.15) is 0 Å². The number of hydrogen-bond acceptors (Lipinski definition) is 1. The van der Waals surface area contributed by atoms with Gasteiger partial charge in [0.05, 0.1) is 0 Å². The van der Waals surface area contributed by atoms with Crippen LogP contribution < -0.4 is 5.73 Å². The van der Waals surface area contributed by atoms with Gasteiger partial charge < -0.3 is 5.73 Å². The van der Waals surface area contributed by atoms with E-state index in [0.29, 0.717) is 5.41 Å². The highest BCUT2D eigenvalue weighted by atomic mass is 14.4. The molecule has 0 aromatic heterocycles. The van der Waals surface area contributed by atoms with Gasteiger partial charge in [-0.05, 0) is 18.9 Å². The van der Waals surface area contributed by atoms with Crippen molar-refractivity contribution < 1.29 is 0 Å².